The van der Waals surface area contributed by atoms with Crippen LogP contribution in [-0.2, 0) is 0 Å². The van der Waals surface area contributed by atoms with Crippen LogP contribution in [0.15, 0.2) is 48.5 Å². The van der Waals surface area contributed by atoms with E-state index >= 15 is 0 Å². The van der Waals surface area contributed by atoms with E-state index in [1.165, 1.54) is 4.90 Å². The first-order chi connectivity index (χ1) is 10.9. The van der Waals surface area contributed by atoms with Crippen molar-refractivity contribution in [3.05, 3.63) is 64.7 Å². The summed E-state index contributed by atoms with van der Waals surface area (Å²) in [4.78, 5) is 26.1. The van der Waals surface area contributed by atoms with Crippen molar-refractivity contribution in [3.63, 3.8) is 0 Å². The fourth-order valence-electron chi connectivity index (χ4n) is 2.09. The smallest absolute Gasteiger partial charge is 0.317 e. The number of hydrogen-bond donors (Lipinski definition) is 1. The van der Waals surface area contributed by atoms with Crippen molar-refractivity contribution >= 4 is 29.1 Å². The zero-order chi connectivity index (χ0) is 17.0. The molecule has 0 saturated heterocycles. The number of ketones is 1. The molecule has 0 aliphatic carbocycles. The van der Waals surface area contributed by atoms with Gasteiger partial charge in [-0.15, -0.1) is 0 Å². The molecule has 1 N–H and O–H groups in total. The van der Waals surface area contributed by atoms with Gasteiger partial charge in [0.15, 0.2) is 5.78 Å². The third-order valence-corrected chi connectivity index (χ3v) is 3.93. The van der Waals surface area contributed by atoms with Gasteiger partial charge in [0.25, 0.3) is 0 Å². The van der Waals surface area contributed by atoms with Gasteiger partial charge >= 0.3 is 6.03 Å². The summed E-state index contributed by atoms with van der Waals surface area (Å²) in [5, 5.41) is 3.27. The van der Waals surface area contributed by atoms with Crippen molar-refractivity contribution < 1.29 is 9.59 Å². The van der Waals surface area contributed by atoms with Gasteiger partial charge in [-0.3, -0.25) is 4.79 Å². The lowest BCUT2D eigenvalue weighted by Gasteiger charge is -2.24. The monoisotopic (exact) mass is 330 g/mol. The number of carbonyl (C=O) groups excluding carboxylic acids is 2. The predicted molar refractivity (Wildman–Crippen MR) is 93.2 cm³/mol. The molecule has 0 heterocycles. The van der Waals surface area contributed by atoms with Gasteiger partial charge in [0.05, 0.1) is 6.04 Å². The highest BCUT2D eigenvalue weighted by atomic mass is 35.5. The number of hydrogen-bond acceptors (Lipinski definition) is 2. The Hall–Kier alpha value is -2.33. The molecule has 0 bridgehead atoms. The van der Waals surface area contributed by atoms with Crippen LogP contribution in [0, 0.1) is 6.92 Å². The average Bonchev–Trinajstić information content (AvgIpc) is 2.53. The minimum absolute atomic E-state index is 0.103. The minimum atomic E-state index is -0.572. The summed E-state index contributed by atoms with van der Waals surface area (Å²) >= 11 is 5.89. The van der Waals surface area contributed by atoms with Gasteiger partial charge in [0, 0.05) is 23.3 Å². The topological polar surface area (TPSA) is 49.4 Å². The van der Waals surface area contributed by atoms with Gasteiger partial charge < -0.3 is 10.2 Å². The molecule has 0 fully saturated rings. The molecular weight excluding hydrogens is 312 g/mol. The van der Waals surface area contributed by atoms with E-state index in [1.54, 1.807) is 50.4 Å². The molecule has 0 aromatic heterocycles. The van der Waals surface area contributed by atoms with Crippen LogP contribution in [0.1, 0.15) is 22.8 Å². The van der Waals surface area contributed by atoms with Crippen molar-refractivity contribution in [3.8, 4) is 0 Å². The Bertz CT molecular complexity index is 713. The summed E-state index contributed by atoms with van der Waals surface area (Å²) in [6.07, 6.45) is 0. The van der Waals surface area contributed by atoms with Crippen molar-refractivity contribution in [1.29, 1.82) is 0 Å². The summed E-state index contributed by atoms with van der Waals surface area (Å²) in [6.45, 7) is 3.67. The Morgan fingerprint density at radius 1 is 1.13 bits per heavy atom. The summed E-state index contributed by atoms with van der Waals surface area (Å²) in [5.74, 6) is -0.103. The molecule has 2 amide bonds. The van der Waals surface area contributed by atoms with Crippen LogP contribution in [-0.4, -0.2) is 29.8 Å². The number of aryl methyl sites for hydroxylation is 1. The molecule has 4 nitrogen and oxygen atoms in total. The highest BCUT2D eigenvalue weighted by Gasteiger charge is 2.23. The third-order valence-electron chi connectivity index (χ3n) is 3.69. The van der Waals surface area contributed by atoms with Crippen LogP contribution in [0.25, 0.3) is 0 Å². The second-order valence-electron chi connectivity index (χ2n) is 5.46. The summed E-state index contributed by atoms with van der Waals surface area (Å²) < 4.78 is 0. The number of rotatable bonds is 4. The SMILES string of the molecule is Cc1ccc(C(=O)C(C)N(C)C(=O)Nc2cccc(Cl)c2)cc1. The van der Waals surface area contributed by atoms with E-state index in [9.17, 15) is 9.59 Å². The number of Topliss-reactive ketones (excluding diaryl/α,β-unsaturated/α-hetero) is 1. The Labute approximate surface area is 141 Å². The Morgan fingerprint density at radius 2 is 1.78 bits per heavy atom. The Kier molecular flexibility index (Phi) is 5.40. The fraction of sp³-hybridized carbons (Fsp3) is 0.222. The van der Waals surface area contributed by atoms with Crippen LogP contribution in [0.3, 0.4) is 0 Å². The van der Waals surface area contributed by atoms with E-state index in [0.29, 0.717) is 16.3 Å². The molecule has 0 radical (unpaired) electrons. The van der Waals surface area contributed by atoms with Crippen LogP contribution in [0.4, 0.5) is 10.5 Å². The van der Waals surface area contributed by atoms with Crippen LogP contribution in [0.2, 0.25) is 5.02 Å². The molecule has 2 aromatic rings. The summed E-state index contributed by atoms with van der Waals surface area (Å²) in [6, 6.07) is 13.2. The number of likely N-dealkylation sites (N-methyl/N-ethyl adjacent to an activating group) is 1. The average molecular weight is 331 g/mol. The zero-order valence-electron chi connectivity index (χ0n) is 13.3. The van der Waals surface area contributed by atoms with Crippen molar-refractivity contribution in [2.45, 2.75) is 19.9 Å². The maximum absolute atomic E-state index is 12.5. The number of benzene rings is 2. The van der Waals surface area contributed by atoms with E-state index in [1.807, 2.05) is 19.1 Å². The molecule has 0 saturated carbocycles. The summed E-state index contributed by atoms with van der Waals surface area (Å²) in [5.41, 5.74) is 2.26. The molecule has 1 unspecified atom stereocenters. The minimum Gasteiger partial charge on any atom is -0.317 e. The molecule has 2 aromatic carbocycles. The lowest BCUT2D eigenvalue weighted by Crippen LogP contribution is -2.42. The van der Waals surface area contributed by atoms with Crippen molar-refractivity contribution in [1.82, 2.24) is 4.90 Å². The van der Waals surface area contributed by atoms with Gasteiger partial charge in [-0.05, 0) is 32.0 Å². The van der Waals surface area contributed by atoms with Crippen LogP contribution < -0.4 is 5.32 Å². The molecule has 0 aliphatic heterocycles. The number of anilines is 1. The van der Waals surface area contributed by atoms with Gasteiger partial charge in [-0.25, -0.2) is 4.79 Å². The van der Waals surface area contributed by atoms with E-state index in [0.717, 1.165) is 5.56 Å². The first-order valence-electron chi connectivity index (χ1n) is 7.29. The molecule has 120 valence electrons. The van der Waals surface area contributed by atoms with Crippen molar-refractivity contribution in [2.24, 2.45) is 0 Å². The number of nitrogens with zero attached hydrogens (tertiary/aromatic N) is 1. The quantitative estimate of drug-likeness (QED) is 0.845. The van der Waals surface area contributed by atoms with E-state index in [4.69, 9.17) is 11.6 Å². The lowest BCUT2D eigenvalue weighted by atomic mass is 10.0. The van der Waals surface area contributed by atoms with Gasteiger partial charge in [0.1, 0.15) is 0 Å². The first-order valence-corrected chi connectivity index (χ1v) is 7.66. The number of halogens is 1. The normalized spacial score (nSPS) is 11.7. The molecule has 0 aliphatic rings. The maximum Gasteiger partial charge on any atom is 0.322 e. The third kappa shape index (κ3) is 4.33. The lowest BCUT2D eigenvalue weighted by molar-refractivity contribution is 0.0894. The molecular formula is C18H19ClN2O2. The van der Waals surface area contributed by atoms with Gasteiger partial charge in [-0.2, -0.15) is 0 Å². The highest BCUT2D eigenvalue weighted by Crippen LogP contribution is 2.16. The summed E-state index contributed by atoms with van der Waals surface area (Å²) in [7, 11) is 1.59. The second kappa shape index (κ2) is 7.29. The van der Waals surface area contributed by atoms with E-state index in [2.05, 4.69) is 5.32 Å². The number of nitrogens with one attached hydrogen (secondary N) is 1. The zero-order valence-corrected chi connectivity index (χ0v) is 14.1. The van der Waals surface area contributed by atoms with Gasteiger partial charge in [-0.1, -0.05) is 47.5 Å². The van der Waals surface area contributed by atoms with Gasteiger partial charge in [0.2, 0.25) is 0 Å². The van der Waals surface area contributed by atoms with E-state index in [-0.39, 0.29) is 11.8 Å². The number of amides is 2. The predicted octanol–water partition coefficient (Wildman–Crippen LogP) is 4.38. The maximum atomic E-state index is 12.5. The molecule has 0 spiro atoms. The highest BCUT2D eigenvalue weighted by molar-refractivity contribution is 6.30. The molecule has 23 heavy (non-hydrogen) atoms. The van der Waals surface area contributed by atoms with Crippen LogP contribution >= 0.6 is 11.6 Å². The molecule has 2 rings (SSSR count). The fourth-order valence-corrected chi connectivity index (χ4v) is 2.28. The molecule has 5 heteroatoms. The Morgan fingerprint density at radius 3 is 2.39 bits per heavy atom. The standard InChI is InChI=1S/C18H19ClN2O2/c1-12-7-9-14(10-8-12)17(22)13(2)21(3)18(23)20-16-6-4-5-15(19)11-16/h4-11,13H,1-3H3,(H,20,23). The van der Waals surface area contributed by atoms with Crippen LogP contribution in [0.5, 0.6) is 0 Å². The largest absolute Gasteiger partial charge is 0.322 e. The first kappa shape index (κ1) is 17.0. The van der Waals surface area contributed by atoms with Crippen molar-refractivity contribution in [2.75, 3.05) is 12.4 Å². The van der Waals surface area contributed by atoms with E-state index < -0.39 is 6.04 Å². The second-order valence-corrected chi connectivity index (χ2v) is 5.89. The number of carbonyl (C=O) groups is 2. The Balaban J connectivity index is 2.06. The number of urea groups is 1. The molecule has 1 atom stereocenters.